The quantitative estimate of drug-likeness (QED) is 0.646. The molecule has 1 atom stereocenters. The molecule has 0 saturated carbocycles. The van der Waals surface area contributed by atoms with E-state index in [1.54, 1.807) is 25.1 Å². The average molecular weight is 414 g/mol. The molecule has 0 bridgehead atoms. The van der Waals surface area contributed by atoms with Gasteiger partial charge in [0.05, 0.1) is 18.6 Å². The van der Waals surface area contributed by atoms with Crippen LogP contribution in [0.4, 0.5) is 11.4 Å². The molecule has 2 aromatic carbocycles. The Morgan fingerprint density at radius 3 is 2.37 bits per heavy atom. The van der Waals surface area contributed by atoms with Gasteiger partial charge < -0.3 is 15.8 Å². The third-order valence-corrected chi connectivity index (χ3v) is 5.24. The van der Waals surface area contributed by atoms with Crippen LogP contribution >= 0.6 is 12.4 Å². The molecule has 0 heterocycles. The second-order valence-corrected chi connectivity index (χ2v) is 7.95. The number of methoxy groups -OCH3 is 1. The van der Waals surface area contributed by atoms with E-state index < -0.39 is 21.5 Å². The SMILES string of the molecule is CCS(=O)(=O)Nc1ccc(NC(=O)C(C)(N)c2ccccc2)cc1OC.Cl. The summed E-state index contributed by atoms with van der Waals surface area (Å²) in [4.78, 5) is 12.6. The first-order chi connectivity index (χ1) is 12.2. The Morgan fingerprint density at radius 1 is 1.19 bits per heavy atom. The van der Waals surface area contributed by atoms with Gasteiger partial charge >= 0.3 is 0 Å². The predicted octanol–water partition coefficient (Wildman–Crippen LogP) is 2.69. The number of nitrogens with one attached hydrogen (secondary N) is 2. The molecule has 0 aliphatic carbocycles. The summed E-state index contributed by atoms with van der Waals surface area (Å²) in [6.45, 7) is 3.16. The summed E-state index contributed by atoms with van der Waals surface area (Å²) in [5, 5.41) is 2.74. The third-order valence-electron chi connectivity index (χ3n) is 3.95. The lowest BCUT2D eigenvalue weighted by molar-refractivity contribution is -0.120. The maximum atomic E-state index is 12.6. The number of benzene rings is 2. The Bertz CT molecular complexity index is 887. The average Bonchev–Trinajstić information content (AvgIpc) is 2.63. The van der Waals surface area contributed by atoms with E-state index in [0.717, 1.165) is 0 Å². The summed E-state index contributed by atoms with van der Waals surface area (Å²) in [6.07, 6.45) is 0. The van der Waals surface area contributed by atoms with Gasteiger partial charge in [-0.1, -0.05) is 30.3 Å². The first-order valence-corrected chi connectivity index (χ1v) is 9.69. The van der Waals surface area contributed by atoms with Crippen molar-refractivity contribution in [3.63, 3.8) is 0 Å². The highest BCUT2D eigenvalue weighted by molar-refractivity contribution is 7.92. The van der Waals surface area contributed by atoms with E-state index in [1.807, 2.05) is 18.2 Å². The fraction of sp³-hybridized carbons (Fsp3) is 0.278. The molecule has 0 saturated heterocycles. The molecule has 7 nitrogen and oxygen atoms in total. The Labute approximate surface area is 165 Å². The van der Waals surface area contributed by atoms with Crippen molar-refractivity contribution in [1.82, 2.24) is 0 Å². The number of carbonyl (C=O) groups is 1. The molecule has 2 rings (SSSR count). The molecule has 4 N–H and O–H groups in total. The summed E-state index contributed by atoms with van der Waals surface area (Å²) < 4.78 is 31.1. The highest BCUT2D eigenvalue weighted by atomic mass is 35.5. The molecule has 27 heavy (non-hydrogen) atoms. The standard InChI is InChI=1S/C18H23N3O4S.ClH/c1-4-26(23,24)21-15-11-10-14(12-16(15)25-3)20-17(22)18(2,19)13-8-6-5-7-9-13;/h5-12,21H,4,19H2,1-3H3,(H,20,22);1H. The van der Waals surface area contributed by atoms with Crippen molar-refractivity contribution < 1.29 is 17.9 Å². The Hall–Kier alpha value is -2.29. The number of nitrogens with two attached hydrogens (primary N) is 1. The fourth-order valence-electron chi connectivity index (χ4n) is 2.27. The zero-order valence-electron chi connectivity index (χ0n) is 15.4. The second-order valence-electron chi connectivity index (χ2n) is 5.94. The molecular formula is C18H24ClN3O4S. The molecule has 9 heteroatoms. The van der Waals surface area contributed by atoms with Crippen LogP contribution in [0.2, 0.25) is 0 Å². The van der Waals surface area contributed by atoms with Crippen molar-refractivity contribution in [3.05, 3.63) is 54.1 Å². The van der Waals surface area contributed by atoms with Crippen LogP contribution in [0.25, 0.3) is 0 Å². The van der Waals surface area contributed by atoms with E-state index in [9.17, 15) is 13.2 Å². The number of carbonyl (C=O) groups excluding carboxylic acids is 1. The van der Waals surface area contributed by atoms with E-state index in [0.29, 0.717) is 22.7 Å². The number of halogens is 1. The molecule has 0 spiro atoms. The maximum absolute atomic E-state index is 12.6. The van der Waals surface area contributed by atoms with Gasteiger partial charge in [-0.25, -0.2) is 8.42 Å². The number of sulfonamides is 1. The predicted molar refractivity (Wildman–Crippen MR) is 110 cm³/mol. The monoisotopic (exact) mass is 413 g/mol. The Morgan fingerprint density at radius 2 is 1.81 bits per heavy atom. The van der Waals surface area contributed by atoms with Crippen molar-refractivity contribution in [2.45, 2.75) is 19.4 Å². The summed E-state index contributed by atoms with van der Waals surface area (Å²) in [5.74, 6) is -0.164. The number of anilines is 2. The van der Waals surface area contributed by atoms with Crippen LogP contribution in [0.15, 0.2) is 48.5 Å². The Balaban J connectivity index is 0.00000364. The third kappa shape index (κ3) is 5.59. The molecule has 1 amide bonds. The zero-order valence-corrected chi connectivity index (χ0v) is 17.0. The van der Waals surface area contributed by atoms with Crippen molar-refractivity contribution in [2.75, 3.05) is 22.9 Å². The Kier molecular flexibility index (Phi) is 7.65. The van der Waals surface area contributed by atoms with Crippen molar-refractivity contribution in [1.29, 1.82) is 0 Å². The van der Waals surface area contributed by atoms with Crippen LogP contribution < -0.4 is 20.5 Å². The second kappa shape index (κ2) is 9.07. The van der Waals surface area contributed by atoms with E-state index in [4.69, 9.17) is 10.5 Å². The molecule has 148 valence electrons. The van der Waals surface area contributed by atoms with Gasteiger partial charge in [-0.05, 0) is 31.5 Å². The summed E-state index contributed by atoms with van der Waals surface area (Å²) in [5.41, 5.74) is 6.39. The number of rotatable bonds is 7. The molecule has 0 aromatic heterocycles. The van der Waals surface area contributed by atoms with Crippen molar-refractivity contribution in [3.8, 4) is 5.75 Å². The van der Waals surface area contributed by atoms with Crippen LogP contribution in [0.5, 0.6) is 5.75 Å². The maximum Gasteiger partial charge on any atom is 0.248 e. The van der Waals surface area contributed by atoms with Crippen molar-refractivity contribution >= 4 is 39.7 Å². The van der Waals surface area contributed by atoms with Crippen molar-refractivity contribution in [2.24, 2.45) is 5.73 Å². The van der Waals surface area contributed by atoms with Crippen LogP contribution in [0.1, 0.15) is 19.4 Å². The minimum Gasteiger partial charge on any atom is -0.494 e. The molecule has 0 radical (unpaired) electrons. The molecule has 0 fully saturated rings. The summed E-state index contributed by atoms with van der Waals surface area (Å²) in [6, 6.07) is 13.7. The van der Waals surface area contributed by atoms with Crippen LogP contribution in [0.3, 0.4) is 0 Å². The molecule has 2 aromatic rings. The molecular weight excluding hydrogens is 390 g/mol. The number of amides is 1. The summed E-state index contributed by atoms with van der Waals surface area (Å²) >= 11 is 0. The van der Waals surface area contributed by atoms with Gasteiger partial charge in [-0.3, -0.25) is 9.52 Å². The first kappa shape index (κ1) is 22.8. The number of hydrogen-bond donors (Lipinski definition) is 3. The smallest absolute Gasteiger partial charge is 0.248 e. The van der Waals surface area contributed by atoms with Crippen LogP contribution in [-0.2, 0) is 20.4 Å². The van der Waals surface area contributed by atoms with E-state index in [-0.39, 0.29) is 18.2 Å². The van der Waals surface area contributed by atoms with Gasteiger partial charge in [0.15, 0.2) is 0 Å². The molecule has 0 aliphatic heterocycles. The largest absolute Gasteiger partial charge is 0.494 e. The van der Waals surface area contributed by atoms with Crippen LogP contribution in [-0.4, -0.2) is 27.2 Å². The van der Waals surface area contributed by atoms with E-state index >= 15 is 0 Å². The number of ether oxygens (including phenoxy) is 1. The fourth-order valence-corrected chi connectivity index (χ4v) is 2.92. The van der Waals surface area contributed by atoms with Gasteiger partial charge in [0, 0.05) is 11.8 Å². The summed E-state index contributed by atoms with van der Waals surface area (Å²) in [7, 11) is -2.02. The molecule has 1 unspecified atom stereocenters. The normalized spacial score (nSPS) is 13.0. The minimum absolute atomic E-state index is 0. The van der Waals surface area contributed by atoms with Gasteiger partial charge in [-0.15, -0.1) is 12.4 Å². The lowest BCUT2D eigenvalue weighted by Crippen LogP contribution is -2.45. The topological polar surface area (TPSA) is 111 Å². The van der Waals surface area contributed by atoms with Gasteiger partial charge in [0.1, 0.15) is 11.3 Å². The van der Waals surface area contributed by atoms with E-state index in [1.165, 1.54) is 26.2 Å². The van der Waals surface area contributed by atoms with Crippen LogP contribution in [0, 0.1) is 0 Å². The molecule has 0 aliphatic rings. The number of hydrogen-bond acceptors (Lipinski definition) is 5. The highest BCUT2D eigenvalue weighted by Crippen LogP contribution is 2.29. The minimum atomic E-state index is -3.44. The van der Waals surface area contributed by atoms with Gasteiger partial charge in [0.25, 0.3) is 0 Å². The highest BCUT2D eigenvalue weighted by Gasteiger charge is 2.30. The first-order valence-electron chi connectivity index (χ1n) is 8.04. The lowest BCUT2D eigenvalue weighted by atomic mass is 9.92. The zero-order chi connectivity index (χ0) is 19.4. The van der Waals surface area contributed by atoms with Gasteiger partial charge in [0.2, 0.25) is 15.9 Å². The van der Waals surface area contributed by atoms with Gasteiger partial charge in [-0.2, -0.15) is 0 Å². The lowest BCUT2D eigenvalue weighted by Gasteiger charge is -2.24. The van der Waals surface area contributed by atoms with E-state index in [2.05, 4.69) is 10.0 Å².